The average molecular weight is 525 g/mol. The quantitative estimate of drug-likeness (QED) is 0.502. The van der Waals surface area contributed by atoms with Crippen molar-refractivity contribution in [2.45, 2.75) is 76.1 Å². The van der Waals surface area contributed by atoms with Crippen molar-refractivity contribution in [3.8, 4) is 0 Å². The summed E-state index contributed by atoms with van der Waals surface area (Å²) in [6, 6.07) is 3.28. The molecule has 2 heterocycles. The topological polar surface area (TPSA) is 91.3 Å². The Kier molecular flexibility index (Phi) is 9.04. The summed E-state index contributed by atoms with van der Waals surface area (Å²) in [5.41, 5.74) is -1.44. The first-order valence-electron chi connectivity index (χ1n) is 13.2. The summed E-state index contributed by atoms with van der Waals surface area (Å²) in [7, 11) is 0. The third-order valence-corrected chi connectivity index (χ3v) is 7.77. The summed E-state index contributed by atoms with van der Waals surface area (Å²) >= 11 is 0. The number of hydrogen-bond donors (Lipinski definition) is 1. The van der Waals surface area contributed by atoms with E-state index in [1.807, 2.05) is 4.90 Å². The Morgan fingerprint density at radius 3 is 2.22 bits per heavy atom. The molecule has 1 aromatic carbocycles. The normalized spacial score (nSPS) is 20.6. The number of benzene rings is 1. The van der Waals surface area contributed by atoms with Crippen molar-refractivity contribution >= 4 is 23.2 Å². The summed E-state index contributed by atoms with van der Waals surface area (Å²) in [4.78, 5) is 39.8. The Hall–Kier alpha value is -2.69. The van der Waals surface area contributed by atoms with E-state index in [2.05, 4.69) is 10.5 Å². The average Bonchev–Trinajstić information content (AvgIpc) is 2.92. The fraction of sp³-hybridized carbons (Fsp3) is 0.692. The number of ether oxygens (including phenoxy) is 1. The van der Waals surface area contributed by atoms with Crippen molar-refractivity contribution < 1.29 is 27.5 Å². The third kappa shape index (κ3) is 7.21. The van der Waals surface area contributed by atoms with Crippen LogP contribution in [0, 0.1) is 10.8 Å². The number of nitrogens with one attached hydrogen (secondary N) is 1. The zero-order valence-electron chi connectivity index (χ0n) is 21.0. The van der Waals surface area contributed by atoms with Crippen molar-refractivity contribution in [2.75, 3.05) is 38.1 Å². The number of amides is 2. The van der Waals surface area contributed by atoms with Crippen LogP contribution < -0.4 is 5.32 Å². The number of carbonyl (C=O) groups is 2. The van der Waals surface area contributed by atoms with E-state index in [1.165, 1.54) is 12.5 Å². The smallest absolute Gasteiger partial charge is 0.382 e. The Bertz CT molecular complexity index is 952. The number of nitrogens with zero attached hydrogens (tertiary/aromatic N) is 3. The number of halogens is 3. The molecule has 1 N–H and O–H groups in total. The van der Waals surface area contributed by atoms with E-state index in [4.69, 9.17) is 4.74 Å². The summed E-state index contributed by atoms with van der Waals surface area (Å²) in [6.45, 7) is 2.30. The summed E-state index contributed by atoms with van der Waals surface area (Å²) < 4.78 is 45.4. The predicted octanol–water partition coefficient (Wildman–Crippen LogP) is 5.09. The number of alkyl halides is 3. The van der Waals surface area contributed by atoms with Gasteiger partial charge in [-0.1, -0.05) is 19.3 Å². The zero-order valence-corrected chi connectivity index (χ0v) is 21.0. The Balaban J connectivity index is 1.17. The molecule has 0 bridgehead atoms. The van der Waals surface area contributed by atoms with Crippen molar-refractivity contribution in [3.63, 3.8) is 0 Å². The lowest BCUT2D eigenvalue weighted by atomic mass is 9.88. The first kappa shape index (κ1) is 27.3. The lowest BCUT2D eigenvalue weighted by molar-refractivity contribution is -0.144. The molecule has 0 aromatic heterocycles. The van der Waals surface area contributed by atoms with E-state index in [1.54, 1.807) is 4.90 Å². The highest BCUT2D eigenvalue weighted by atomic mass is 19.4. The molecular formula is C26H35F3N4O4. The van der Waals surface area contributed by atoms with E-state index in [9.17, 15) is 27.7 Å². The second kappa shape index (κ2) is 12.2. The molecule has 37 heavy (non-hydrogen) atoms. The highest BCUT2D eigenvalue weighted by molar-refractivity contribution is 5.79. The van der Waals surface area contributed by atoms with Crippen LogP contribution in [0.1, 0.15) is 63.4 Å². The maximum atomic E-state index is 13.2. The molecule has 3 fully saturated rings. The van der Waals surface area contributed by atoms with Crippen molar-refractivity contribution in [3.05, 3.63) is 28.7 Å². The lowest BCUT2D eigenvalue weighted by Gasteiger charge is -2.36. The Morgan fingerprint density at radius 1 is 0.946 bits per heavy atom. The van der Waals surface area contributed by atoms with Gasteiger partial charge in [-0.25, -0.2) is 0 Å². The molecule has 0 atom stereocenters. The van der Waals surface area contributed by atoms with E-state index >= 15 is 0 Å². The van der Waals surface area contributed by atoms with Gasteiger partial charge in [0.15, 0.2) is 0 Å². The summed E-state index contributed by atoms with van der Waals surface area (Å²) in [5, 5.41) is 5.54. The molecule has 3 aliphatic rings. The molecule has 0 unspecified atom stereocenters. The van der Waals surface area contributed by atoms with Crippen LogP contribution in [0.4, 0.5) is 24.5 Å². The highest BCUT2D eigenvalue weighted by Crippen LogP contribution is 2.38. The second-order valence-corrected chi connectivity index (χ2v) is 10.3. The van der Waals surface area contributed by atoms with Gasteiger partial charge in [-0.3, -0.25) is 9.59 Å². The number of nitroso groups, excluding NO2 is 1. The predicted molar refractivity (Wildman–Crippen MR) is 132 cm³/mol. The number of hydrogen-bond acceptors (Lipinski definition) is 6. The van der Waals surface area contributed by atoms with Gasteiger partial charge in [-0.05, 0) is 61.9 Å². The van der Waals surface area contributed by atoms with Gasteiger partial charge in [0.25, 0.3) is 0 Å². The molecular weight excluding hydrogens is 489 g/mol. The monoisotopic (exact) mass is 524 g/mol. The Morgan fingerprint density at radius 2 is 1.59 bits per heavy atom. The van der Waals surface area contributed by atoms with Crippen molar-refractivity contribution in [1.29, 1.82) is 0 Å². The van der Waals surface area contributed by atoms with Crippen molar-refractivity contribution in [2.24, 2.45) is 11.1 Å². The van der Waals surface area contributed by atoms with Gasteiger partial charge < -0.3 is 19.9 Å². The molecule has 4 rings (SSSR count). The fourth-order valence-corrected chi connectivity index (χ4v) is 5.57. The molecule has 0 radical (unpaired) electrons. The fourth-order valence-electron chi connectivity index (χ4n) is 5.57. The van der Waals surface area contributed by atoms with Gasteiger partial charge in [0.05, 0.1) is 11.7 Å². The Labute approximate surface area is 214 Å². The van der Waals surface area contributed by atoms with Crippen LogP contribution in [-0.2, 0) is 20.5 Å². The van der Waals surface area contributed by atoms with Crippen LogP contribution in [0.15, 0.2) is 23.4 Å². The van der Waals surface area contributed by atoms with Gasteiger partial charge in [0, 0.05) is 43.8 Å². The minimum atomic E-state index is -4.67. The minimum absolute atomic E-state index is 0.00552. The van der Waals surface area contributed by atoms with Gasteiger partial charge >= 0.3 is 6.18 Å². The number of carbonyl (C=O) groups excluding carboxylic acids is 2. The van der Waals surface area contributed by atoms with Crippen LogP contribution in [0.25, 0.3) is 0 Å². The number of rotatable bonds is 7. The summed E-state index contributed by atoms with van der Waals surface area (Å²) in [5.74, 6) is 0.348. The van der Waals surface area contributed by atoms with Gasteiger partial charge in [-0.15, -0.1) is 4.91 Å². The maximum absolute atomic E-state index is 13.2. The van der Waals surface area contributed by atoms with Crippen LogP contribution in [0.3, 0.4) is 0 Å². The standard InChI is InChI=1S/C26H35F3N4O4/c27-26(28,29)22-16-20(6-7-23(22)31-36)30-19-8-12-32(13-9-19)24(34)17-37-21-10-14-33(15-11-21)25(35)18-4-2-1-3-5-18/h6-7,16,18-19,21,30H,1-5,8-15,17H2. The van der Waals surface area contributed by atoms with Crippen LogP contribution in [0.5, 0.6) is 0 Å². The van der Waals surface area contributed by atoms with Crippen molar-refractivity contribution in [1.82, 2.24) is 9.80 Å². The number of likely N-dealkylation sites (tertiary alicyclic amines) is 2. The van der Waals surface area contributed by atoms with E-state index < -0.39 is 17.4 Å². The molecule has 2 saturated heterocycles. The molecule has 2 aliphatic heterocycles. The minimum Gasteiger partial charge on any atom is -0.382 e. The molecule has 8 nitrogen and oxygen atoms in total. The molecule has 0 spiro atoms. The van der Waals surface area contributed by atoms with Gasteiger partial charge in [-0.2, -0.15) is 13.2 Å². The molecule has 1 aromatic rings. The molecule has 2 amide bonds. The van der Waals surface area contributed by atoms with Gasteiger partial charge in [0.2, 0.25) is 11.8 Å². The van der Waals surface area contributed by atoms with E-state index in [0.29, 0.717) is 39.0 Å². The van der Waals surface area contributed by atoms with E-state index in [0.717, 1.165) is 50.7 Å². The zero-order chi connectivity index (χ0) is 26.4. The SMILES string of the molecule is O=Nc1ccc(NC2CCN(C(=O)COC3CCN(C(=O)C4CCCCC4)CC3)CC2)cc1C(F)(F)F. The molecule has 1 aliphatic carbocycles. The molecule has 204 valence electrons. The lowest BCUT2D eigenvalue weighted by Crippen LogP contribution is -2.46. The van der Waals surface area contributed by atoms with Crippen LogP contribution >= 0.6 is 0 Å². The highest BCUT2D eigenvalue weighted by Gasteiger charge is 2.35. The second-order valence-electron chi connectivity index (χ2n) is 10.3. The van der Waals surface area contributed by atoms with E-state index in [-0.39, 0.29) is 42.2 Å². The number of piperidine rings is 2. The van der Waals surface area contributed by atoms with Crippen LogP contribution in [-0.4, -0.2) is 66.5 Å². The maximum Gasteiger partial charge on any atom is 0.418 e. The molecule has 1 saturated carbocycles. The van der Waals surface area contributed by atoms with Crippen LogP contribution in [0.2, 0.25) is 0 Å². The third-order valence-electron chi connectivity index (χ3n) is 7.77. The first-order valence-corrected chi connectivity index (χ1v) is 13.2. The molecule has 11 heteroatoms. The largest absolute Gasteiger partial charge is 0.418 e. The first-order chi connectivity index (χ1) is 17.7. The number of anilines is 1. The summed E-state index contributed by atoms with van der Waals surface area (Å²) in [6.07, 6.45) is 3.41. The van der Waals surface area contributed by atoms with Gasteiger partial charge in [0.1, 0.15) is 12.3 Å².